The molecule has 1 saturated carbocycles. The number of carbonyl (C=O) groups is 1. The van der Waals surface area contributed by atoms with E-state index >= 15 is 0 Å². The van der Waals surface area contributed by atoms with Gasteiger partial charge in [0, 0.05) is 33.3 Å². The van der Waals surface area contributed by atoms with Crippen LogP contribution < -0.4 is 10.1 Å². The molecule has 4 rings (SSSR count). The van der Waals surface area contributed by atoms with Crippen LogP contribution in [0, 0.1) is 11.8 Å². The lowest BCUT2D eigenvalue weighted by molar-refractivity contribution is 0.102. The second kappa shape index (κ2) is 9.09. The summed E-state index contributed by atoms with van der Waals surface area (Å²) in [6.45, 7) is 4.62. The second-order valence-corrected chi connectivity index (χ2v) is 9.52. The summed E-state index contributed by atoms with van der Waals surface area (Å²) >= 11 is 12.1. The maximum absolute atomic E-state index is 12.8. The molecular weight excluding hydrogens is 433 g/mol. The van der Waals surface area contributed by atoms with Gasteiger partial charge in [0.2, 0.25) is 0 Å². The standard InChI is InChI=1S/C24H27Cl2N3O2/c1-14(2)15-4-6-20(7-5-15)29-13-17-10-22(23(31-3)12-21(17)28-29)27-24(30)16-8-18(25)11-19(26)9-16/h8-15,20H,4-7H2,1-3H3,(H,27,30). The molecule has 1 fully saturated rings. The van der Waals surface area contributed by atoms with Crippen molar-refractivity contribution in [1.82, 2.24) is 9.78 Å². The molecule has 1 amide bonds. The molecule has 1 aliphatic carbocycles. The van der Waals surface area contributed by atoms with Crippen molar-refractivity contribution in [2.75, 3.05) is 12.4 Å². The number of nitrogens with zero attached hydrogens (tertiary/aromatic N) is 2. The van der Waals surface area contributed by atoms with Crippen molar-refractivity contribution in [2.24, 2.45) is 11.8 Å². The van der Waals surface area contributed by atoms with Crippen LogP contribution >= 0.6 is 23.2 Å². The molecule has 1 aliphatic rings. The Morgan fingerprint density at radius 2 is 1.77 bits per heavy atom. The van der Waals surface area contributed by atoms with Gasteiger partial charge >= 0.3 is 0 Å². The van der Waals surface area contributed by atoms with Crippen molar-refractivity contribution < 1.29 is 9.53 Å². The number of halogens is 2. The van der Waals surface area contributed by atoms with Gasteiger partial charge in [0.05, 0.1) is 24.4 Å². The number of nitrogens with one attached hydrogen (secondary N) is 1. The van der Waals surface area contributed by atoms with Gasteiger partial charge in [0.1, 0.15) is 5.75 Å². The van der Waals surface area contributed by atoms with Gasteiger partial charge in [-0.05, 0) is 61.8 Å². The van der Waals surface area contributed by atoms with Gasteiger partial charge in [-0.2, -0.15) is 5.10 Å². The SMILES string of the molecule is COc1cc2nn(C3CCC(C(C)C)CC3)cc2cc1NC(=O)c1cc(Cl)cc(Cl)c1. The summed E-state index contributed by atoms with van der Waals surface area (Å²) in [5.74, 6) is 1.80. The number of rotatable bonds is 5. The zero-order valence-electron chi connectivity index (χ0n) is 18.0. The number of methoxy groups -OCH3 is 1. The lowest BCUT2D eigenvalue weighted by atomic mass is 9.80. The third-order valence-corrected chi connectivity index (χ3v) is 6.71. The largest absolute Gasteiger partial charge is 0.494 e. The molecule has 0 spiro atoms. The molecule has 7 heteroatoms. The Morgan fingerprint density at radius 1 is 1.10 bits per heavy atom. The Morgan fingerprint density at radius 3 is 2.39 bits per heavy atom. The van der Waals surface area contributed by atoms with E-state index in [1.54, 1.807) is 25.3 Å². The molecule has 0 saturated heterocycles. The third kappa shape index (κ3) is 4.83. The van der Waals surface area contributed by atoms with Crippen LogP contribution in [0.15, 0.2) is 36.5 Å². The van der Waals surface area contributed by atoms with Crippen molar-refractivity contribution in [2.45, 2.75) is 45.6 Å². The quantitative estimate of drug-likeness (QED) is 0.446. The molecule has 2 aromatic carbocycles. The van der Waals surface area contributed by atoms with Crippen LogP contribution in [0.25, 0.3) is 10.9 Å². The summed E-state index contributed by atoms with van der Waals surface area (Å²) in [6, 6.07) is 8.95. The minimum Gasteiger partial charge on any atom is -0.494 e. The first-order valence-electron chi connectivity index (χ1n) is 10.7. The molecule has 1 heterocycles. The lowest BCUT2D eigenvalue weighted by Crippen LogP contribution is -2.21. The van der Waals surface area contributed by atoms with E-state index in [1.807, 2.05) is 12.1 Å². The molecule has 0 bridgehead atoms. The molecule has 3 aromatic rings. The van der Waals surface area contributed by atoms with Gasteiger partial charge in [-0.25, -0.2) is 0 Å². The first kappa shape index (κ1) is 22.0. The maximum Gasteiger partial charge on any atom is 0.255 e. The van der Waals surface area contributed by atoms with E-state index in [4.69, 9.17) is 33.0 Å². The molecule has 0 atom stereocenters. The fraction of sp³-hybridized carbons (Fsp3) is 0.417. The highest BCUT2D eigenvalue weighted by Gasteiger charge is 2.25. The predicted molar refractivity (Wildman–Crippen MR) is 127 cm³/mol. The lowest BCUT2D eigenvalue weighted by Gasteiger charge is -2.30. The molecule has 5 nitrogen and oxygen atoms in total. The molecular formula is C24H27Cl2N3O2. The molecule has 0 unspecified atom stereocenters. The molecule has 31 heavy (non-hydrogen) atoms. The average Bonchev–Trinajstić information content (AvgIpc) is 3.15. The van der Waals surface area contributed by atoms with Crippen molar-refractivity contribution in [3.8, 4) is 5.75 Å². The van der Waals surface area contributed by atoms with Crippen molar-refractivity contribution in [1.29, 1.82) is 0 Å². The van der Waals surface area contributed by atoms with Crippen LogP contribution in [0.5, 0.6) is 5.75 Å². The Kier molecular flexibility index (Phi) is 6.44. The number of aromatic nitrogens is 2. The van der Waals surface area contributed by atoms with Gasteiger partial charge in [0.25, 0.3) is 5.91 Å². The fourth-order valence-electron chi connectivity index (χ4n) is 4.44. The van der Waals surface area contributed by atoms with Gasteiger partial charge in [-0.15, -0.1) is 0 Å². The molecule has 0 aliphatic heterocycles. The number of hydrogen-bond donors (Lipinski definition) is 1. The van der Waals surface area contributed by atoms with E-state index in [9.17, 15) is 4.79 Å². The number of amides is 1. The molecule has 164 valence electrons. The molecule has 1 N–H and O–H groups in total. The fourth-order valence-corrected chi connectivity index (χ4v) is 4.96. The summed E-state index contributed by atoms with van der Waals surface area (Å²) in [5.41, 5.74) is 1.82. The smallest absolute Gasteiger partial charge is 0.255 e. The Labute approximate surface area is 192 Å². The third-order valence-electron chi connectivity index (χ3n) is 6.27. The van der Waals surface area contributed by atoms with Crippen LogP contribution in [0.4, 0.5) is 5.69 Å². The minimum atomic E-state index is -0.304. The molecule has 1 aromatic heterocycles. The summed E-state index contributed by atoms with van der Waals surface area (Å²) in [6.07, 6.45) is 6.85. The van der Waals surface area contributed by atoms with Gasteiger partial charge in [0.15, 0.2) is 0 Å². The van der Waals surface area contributed by atoms with Crippen LogP contribution in [0.2, 0.25) is 10.0 Å². The van der Waals surface area contributed by atoms with E-state index in [0.29, 0.717) is 33.1 Å². The Bertz CT molecular complexity index is 1080. The topological polar surface area (TPSA) is 56.1 Å². The maximum atomic E-state index is 12.8. The highest BCUT2D eigenvalue weighted by atomic mass is 35.5. The van der Waals surface area contributed by atoms with Gasteiger partial charge < -0.3 is 10.1 Å². The van der Waals surface area contributed by atoms with Crippen molar-refractivity contribution in [3.05, 3.63) is 52.1 Å². The van der Waals surface area contributed by atoms with Crippen LogP contribution in [-0.4, -0.2) is 22.8 Å². The van der Waals surface area contributed by atoms with Crippen LogP contribution in [0.3, 0.4) is 0 Å². The number of anilines is 1. The number of hydrogen-bond acceptors (Lipinski definition) is 3. The number of benzene rings is 2. The normalized spacial score (nSPS) is 19.0. The first-order chi connectivity index (χ1) is 14.8. The van der Waals surface area contributed by atoms with E-state index < -0.39 is 0 Å². The zero-order valence-corrected chi connectivity index (χ0v) is 19.5. The highest BCUT2D eigenvalue weighted by molar-refractivity contribution is 6.35. The number of ether oxygens (including phenoxy) is 1. The van der Waals surface area contributed by atoms with Crippen molar-refractivity contribution in [3.63, 3.8) is 0 Å². The van der Waals surface area contributed by atoms with E-state index in [2.05, 4.69) is 30.0 Å². The Hall–Kier alpha value is -2.24. The summed E-state index contributed by atoms with van der Waals surface area (Å²) in [7, 11) is 1.58. The van der Waals surface area contributed by atoms with Crippen LogP contribution in [0.1, 0.15) is 55.9 Å². The van der Waals surface area contributed by atoms with Gasteiger partial charge in [-0.3, -0.25) is 9.48 Å². The van der Waals surface area contributed by atoms with E-state index in [1.165, 1.54) is 12.8 Å². The number of fused-ring (bicyclic) bond motifs is 1. The van der Waals surface area contributed by atoms with Crippen LogP contribution in [-0.2, 0) is 0 Å². The minimum absolute atomic E-state index is 0.304. The first-order valence-corrected chi connectivity index (χ1v) is 11.4. The number of carbonyl (C=O) groups excluding carboxylic acids is 1. The van der Waals surface area contributed by atoms with E-state index in [0.717, 1.165) is 35.6 Å². The van der Waals surface area contributed by atoms with Gasteiger partial charge in [-0.1, -0.05) is 37.0 Å². The zero-order chi connectivity index (χ0) is 22.1. The average molecular weight is 460 g/mol. The monoisotopic (exact) mass is 459 g/mol. The predicted octanol–water partition coefficient (Wildman–Crippen LogP) is 6.99. The summed E-state index contributed by atoms with van der Waals surface area (Å²) in [4.78, 5) is 12.8. The van der Waals surface area contributed by atoms with Crippen molar-refractivity contribution >= 4 is 45.7 Å². The summed E-state index contributed by atoms with van der Waals surface area (Å²) < 4.78 is 7.60. The highest BCUT2D eigenvalue weighted by Crippen LogP contribution is 2.37. The second-order valence-electron chi connectivity index (χ2n) is 8.65. The van der Waals surface area contributed by atoms with E-state index in [-0.39, 0.29) is 5.91 Å². The Balaban J connectivity index is 1.58. The molecule has 0 radical (unpaired) electrons. The summed E-state index contributed by atoms with van der Waals surface area (Å²) in [5, 5.41) is 9.50.